The number of rotatable bonds is 3. The first-order valence-corrected chi connectivity index (χ1v) is 5.24. The average Bonchev–Trinajstić information content (AvgIpc) is 2.78. The van der Waals surface area contributed by atoms with Gasteiger partial charge in [0.1, 0.15) is 6.54 Å². The second-order valence-electron chi connectivity index (χ2n) is 3.60. The first-order chi connectivity index (χ1) is 7.79. The molecule has 16 heavy (non-hydrogen) atoms. The number of carbonyl (C=O) groups excluding carboxylic acids is 1. The highest BCUT2D eigenvalue weighted by atomic mass is 16.5. The fourth-order valence-electron chi connectivity index (χ4n) is 1.56. The van der Waals surface area contributed by atoms with Gasteiger partial charge in [0.15, 0.2) is 0 Å². The Bertz CT molecular complexity index is 359. The third-order valence-electron chi connectivity index (χ3n) is 2.46. The zero-order chi connectivity index (χ0) is 11.4. The highest BCUT2D eigenvalue weighted by Gasteiger charge is 2.17. The van der Waals surface area contributed by atoms with Crippen molar-refractivity contribution in [3.05, 3.63) is 11.9 Å². The predicted molar refractivity (Wildman–Crippen MR) is 55.3 cm³/mol. The van der Waals surface area contributed by atoms with E-state index >= 15 is 0 Å². The van der Waals surface area contributed by atoms with Gasteiger partial charge in [-0.15, -0.1) is 5.10 Å². The lowest BCUT2D eigenvalue weighted by molar-refractivity contribution is -0.136. The Balaban J connectivity index is 1.90. The van der Waals surface area contributed by atoms with E-state index in [0.717, 1.165) is 0 Å². The summed E-state index contributed by atoms with van der Waals surface area (Å²) >= 11 is 0. The SMILES string of the molecule is NCc1cn(CC(=O)N2CCOCC2)nn1. The van der Waals surface area contributed by atoms with Gasteiger partial charge < -0.3 is 15.4 Å². The molecule has 1 aromatic heterocycles. The monoisotopic (exact) mass is 225 g/mol. The minimum Gasteiger partial charge on any atom is -0.378 e. The maximum absolute atomic E-state index is 11.8. The van der Waals surface area contributed by atoms with Crippen molar-refractivity contribution in [2.45, 2.75) is 13.1 Å². The van der Waals surface area contributed by atoms with Crippen molar-refractivity contribution in [1.82, 2.24) is 19.9 Å². The van der Waals surface area contributed by atoms with Gasteiger partial charge in [-0.1, -0.05) is 5.21 Å². The number of aromatic nitrogens is 3. The molecule has 7 heteroatoms. The van der Waals surface area contributed by atoms with Crippen LogP contribution in [-0.4, -0.2) is 52.1 Å². The molecule has 7 nitrogen and oxygen atoms in total. The van der Waals surface area contributed by atoms with Crippen LogP contribution in [0.4, 0.5) is 0 Å². The van der Waals surface area contributed by atoms with Gasteiger partial charge in [0.2, 0.25) is 5.91 Å². The minimum atomic E-state index is 0.0387. The maximum atomic E-state index is 11.8. The Labute approximate surface area is 93.2 Å². The van der Waals surface area contributed by atoms with Gasteiger partial charge in [-0.05, 0) is 0 Å². The zero-order valence-corrected chi connectivity index (χ0v) is 9.00. The second kappa shape index (κ2) is 5.04. The molecule has 2 N–H and O–H groups in total. The number of nitrogens with zero attached hydrogens (tertiary/aromatic N) is 4. The molecule has 0 aliphatic carbocycles. The second-order valence-corrected chi connectivity index (χ2v) is 3.60. The molecule has 0 aromatic carbocycles. The molecule has 0 saturated carbocycles. The lowest BCUT2D eigenvalue weighted by Crippen LogP contribution is -2.42. The number of morpholine rings is 1. The van der Waals surface area contributed by atoms with Crippen molar-refractivity contribution >= 4 is 5.91 Å². The smallest absolute Gasteiger partial charge is 0.244 e. The molecule has 2 heterocycles. The number of ether oxygens (including phenoxy) is 1. The van der Waals surface area contributed by atoms with E-state index in [2.05, 4.69) is 10.3 Å². The van der Waals surface area contributed by atoms with Crippen LogP contribution in [0.25, 0.3) is 0 Å². The molecular weight excluding hydrogens is 210 g/mol. The molecule has 88 valence electrons. The van der Waals surface area contributed by atoms with E-state index in [9.17, 15) is 4.79 Å². The van der Waals surface area contributed by atoms with E-state index in [1.54, 1.807) is 11.1 Å². The summed E-state index contributed by atoms with van der Waals surface area (Å²) in [4.78, 5) is 13.6. The molecule has 1 fully saturated rings. The number of carbonyl (C=O) groups is 1. The molecule has 0 spiro atoms. The van der Waals surface area contributed by atoms with E-state index in [0.29, 0.717) is 38.5 Å². The van der Waals surface area contributed by atoms with Crippen LogP contribution < -0.4 is 5.73 Å². The van der Waals surface area contributed by atoms with Gasteiger partial charge in [0.25, 0.3) is 0 Å². The highest BCUT2D eigenvalue weighted by Crippen LogP contribution is 1.99. The summed E-state index contributed by atoms with van der Waals surface area (Å²) in [6, 6.07) is 0. The summed E-state index contributed by atoms with van der Waals surface area (Å²) in [5.41, 5.74) is 6.10. The number of amides is 1. The first kappa shape index (κ1) is 11.0. The third kappa shape index (κ3) is 2.56. The third-order valence-corrected chi connectivity index (χ3v) is 2.46. The fraction of sp³-hybridized carbons (Fsp3) is 0.667. The van der Waals surface area contributed by atoms with E-state index in [1.165, 1.54) is 4.68 Å². The van der Waals surface area contributed by atoms with Gasteiger partial charge in [-0.2, -0.15) is 0 Å². The largest absolute Gasteiger partial charge is 0.378 e. The van der Waals surface area contributed by atoms with Crippen molar-refractivity contribution in [2.75, 3.05) is 26.3 Å². The van der Waals surface area contributed by atoms with Crippen LogP contribution in [0, 0.1) is 0 Å². The quantitative estimate of drug-likeness (QED) is 0.683. The molecule has 1 aliphatic heterocycles. The van der Waals surface area contributed by atoms with Crippen LogP contribution in [0.1, 0.15) is 5.69 Å². The van der Waals surface area contributed by atoms with Crippen LogP contribution in [-0.2, 0) is 22.6 Å². The molecule has 1 aliphatic rings. The van der Waals surface area contributed by atoms with Gasteiger partial charge in [0, 0.05) is 19.6 Å². The van der Waals surface area contributed by atoms with Gasteiger partial charge in [-0.25, -0.2) is 4.68 Å². The number of hydrogen-bond donors (Lipinski definition) is 1. The van der Waals surface area contributed by atoms with Crippen LogP contribution in [0.5, 0.6) is 0 Å². The Kier molecular flexibility index (Phi) is 3.47. The van der Waals surface area contributed by atoms with E-state index in [-0.39, 0.29) is 12.5 Å². The normalized spacial score (nSPS) is 16.4. The van der Waals surface area contributed by atoms with Gasteiger partial charge >= 0.3 is 0 Å². The Morgan fingerprint density at radius 1 is 1.50 bits per heavy atom. The molecular formula is C9H15N5O2. The lowest BCUT2D eigenvalue weighted by Gasteiger charge is -2.26. The van der Waals surface area contributed by atoms with Crippen molar-refractivity contribution < 1.29 is 9.53 Å². The van der Waals surface area contributed by atoms with Crippen molar-refractivity contribution in [2.24, 2.45) is 5.73 Å². The van der Waals surface area contributed by atoms with E-state index in [1.807, 2.05) is 0 Å². The van der Waals surface area contributed by atoms with E-state index < -0.39 is 0 Å². The maximum Gasteiger partial charge on any atom is 0.244 e. The molecule has 0 bridgehead atoms. The fourth-order valence-corrected chi connectivity index (χ4v) is 1.56. The minimum absolute atomic E-state index is 0.0387. The van der Waals surface area contributed by atoms with Gasteiger partial charge in [-0.3, -0.25) is 4.79 Å². The van der Waals surface area contributed by atoms with Crippen LogP contribution in [0.2, 0.25) is 0 Å². The predicted octanol–water partition coefficient (Wildman–Crippen LogP) is -1.40. The molecule has 1 aromatic rings. The average molecular weight is 225 g/mol. The van der Waals surface area contributed by atoms with Crippen LogP contribution >= 0.6 is 0 Å². The van der Waals surface area contributed by atoms with Crippen molar-refractivity contribution in [3.8, 4) is 0 Å². The zero-order valence-electron chi connectivity index (χ0n) is 9.00. The highest BCUT2D eigenvalue weighted by molar-refractivity contribution is 5.75. The van der Waals surface area contributed by atoms with Crippen molar-refractivity contribution in [3.63, 3.8) is 0 Å². The summed E-state index contributed by atoms with van der Waals surface area (Å²) in [6.45, 7) is 3.07. The molecule has 0 unspecified atom stereocenters. The number of hydrogen-bond acceptors (Lipinski definition) is 5. The number of nitrogens with two attached hydrogens (primary N) is 1. The summed E-state index contributed by atoms with van der Waals surface area (Å²) in [7, 11) is 0. The molecule has 1 saturated heterocycles. The van der Waals surface area contributed by atoms with Crippen LogP contribution in [0.3, 0.4) is 0 Å². The molecule has 2 rings (SSSR count). The van der Waals surface area contributed by atoms with Crippen LogP contribution in [0.15, 0.2) is 6.20 Å². The Morgan fingerprint density at radius 2 is 2.25 bits per heavy atom. The van der Waals surface area contributed by atoms with E-state index in [4.69, 9.17) is 10.5 Å². The summed E-state index contributed by atoms with van der Waals surface area (Å²) in [6.07, 6.45) is 1.69. The topological polar surface area (TPSA) is 86.3 Å². The first-order valence-electron chi connectivity index (χ1n) is 5.24. The van der Waals surface area contributed by atoms with Crippen molar-refractivity contribution in [1.29, 1.82) is 0 Å². The Morgan fingerprint density at radius 3 is 2.88 bits per heavy atom. The Hall–Kier alpha value is -1.47. The summed E-state index contributed by atoms with van der Waals surface area (Å²) < 4.78 is 6.69. The van der Waals surface area contributed by atoms with Gasteiger partial charge in [0.05, 0.1) is 25.1 Å². The summed E-state index contributed by atoms with van der Waals surface area (Å²) in [5, 5.41) is 7.66. The molecule has 0 radical (unpaired) electrons. The lowest BCUT2D eigenvalue weighted by atomic mass is 10.4. The molecule has 0 atom stereocenters. The summed E-state index contributed by atoms with van der Waals surface area (Å²) in [5.74, 6) is 0.0387. The molecule has 1 amide bonds. The standard InChI is InChI=1S/C9H15N5O2/c10-5-8-6-14(12-11-8)7-9(15)13-1-3-16-4-2-13/h6H,1-5,7,10H2.